The van der Waals surface area contributed by atoms with Gasteiger partial charge in [-0.25, -0.2) is 0 Å². The average molecular weight is 436 g/mol. The van der Waals surface area contributed by atoms with Crippen molar-refractivity contribution in [2.45, 2.75) is 19.8 Å². The molecule has 0 radical (unpaired) electrons. The molecule has 3 amide bonds. The van der Waals surface area contributed by atoms with Crippen LogP contribution in [-0.4, -0.2) is 34.5 Å². The van der Waals surface area contributed by atoms with Crippen LogP contribution in [0.25, 0.3) is 0 Å². The van der Waals surface area contributed by atoms with Crippen LogP contribution in [0.3, 0.4) is 0 Å². The van der Waals surface area contributed by atoms with E-state index in [9.17, 15) is 14.4 Å². The van der Waals surface area contributed by atoms with Crippen LogP contribution in [0.5, 0.6) is 0 Å². The second-order valence-electron chi connectivity index (χ2n) is 7.08. The highest BCUT2D eigenvalue weighted by atomic mass is 32.1. The molecule has 1 fully saturated rings. The highest BCUT2D eigenvalue weighted by Gasteiger charge is 2.35. The standard InChI is InChI=1S/C22H21N5O3S/c1-2-18-25-26-22(31-18)24-21(30)16-10-6-7-11-17(16)23-20(29)14-12-19(28)27(13-14)15-8-4-3-5-9-15/h3-11,14H,2,12-13H2,1H3,(H,23,29)(H,24,26,30)/t14-/m1/s1. The van der Waals surface area contributed by atoms with E-state index in [0.717, 1.165) is 17.1 Å². The molecule has 8 nitrogen and oxygen atoms in total. The number of hydrogen-bond acceptors (Lipinski definition) is 6. The molecule has 2 aromatic carbocycles. The van der Waals surface area contributed by atoms with E-state index >= 15 is 0 Å². The summed E-state index contributed by atoms with van der Waals surface area (Å²) in [4.78, 5) is 39.6. The van der Waals surface area contributed by atoms with Crippen molar-refractivity contribution >= 4 is 45.6 Å². The van der Waals surface area contributed by atoms with E-state index < -0.39 is 5.92 Å². The van der Waals surface area contributed by atoms with E-state index in [-0.39, 0.29) is 24.1 Å². The van der Waals surface area contributed by atoms with Crippen molar-refractivity contribution in [3.8, 4) is 0 Å². The summed E-state index contributed by atoms with van der Waals surface area (Å²) < 4.78 is 0. The fourth-order valence-electron chi connectivity index (χ4n) is 3.38. The molecule has 2 heterocycles. The van der Waals surface area contributed by atoms with Gasteiger partial charge < -0.3 is 10.2 Å². The lowest BCUT2D eigenvalue weighted by molar-refractivity contribution is -0.122. The van der Waals surface area contributed by atoms with Gasteiger partial charge in [-0.3, -0.25) is 19.7 Å². The summed E-state index contributed by atoms with van der Waals surface area (Å²) in [6.45, 7) is 2.26. The molecule has 4 rings (SSSR count). The van der Waals surface area contributed by atoms with Crippen molar-refractivity contribution in [1.29, 1.82) is 0 Å². The number of carbonyl (C=O) groups is 3. The molecule has 1 aromatic heterocycles. The molecule has 158 valence electrons. The number of amides is 3. The summed E-state index contributed by atoms with van der Waals surface area (Å²) in [6, 6.07) is 16.0. The molecule has 1 atom stereocenters. The molecule has 9 heteroatoms. The quantitative estimate of drug-likeness (QED) is 0.618. The first kappa shape index (κ1) is 20.7. The predicted molar refractivity (Wildman–Crippen MR) is 119 cm³/mol. The van der Waals surface area contributed by atoms with Crippen LogP contribution in [0.2, 0.25) is 0 Å². The van der Waals surface area contributed by atoms with Crippen LogP contribution < -0.4 is 15.5 Å². The number of nitrogens with one attached hydrogen (secondary N) is 2. The summed E-state index contributed by atoms with van der Waals surface area (Å²) >= 11 is 1.31. The molecule has 1 aliphatic heterocycles. The number of aryl methyl sites for hydroxylation is 1. The summed E-state index contributed by atoms with van der Waals surface area (Å²) in [5.74, 6) is -1.28. The highest BCUT2D eigenvalue weighted by molar-refractivity contribution is 7.15. The maximum absolute atomic E-state index is 12.9. The normalized spacial score (nSPS) is 15.7. The average Bonchev–Trinajstić information content (AvgIpc) is 3.41. The van der Waals surface area contributed by atoms with Gasteiger partial charge in [0, 0.05) is 18.7 Å². The molecule has 0 saturated carbocycles. The fraction of sp³-hybridized carbons (Fsp3) is 0.227. The number of para-hydroxylation sites is 2. The summed E-state index contributed by atoms with van der Waals surface area (Å²) in [5.41, 5.74) is 1.47. The smallest absolute Gasteiger partial charge is 0.259 e. The minimum atomic E-state index is -0.501. The lowest BCUT2D eigenvalue weighted by Crippen LogP contribution is -2.28. The Hall–Kier alpha value is -3.59. The van der Waals surface area contributed by atoms with Gasteiger partial charge in [-0.15, -0.1) is 10.2 Å². The highest BCUT2D eigenvalue weighted by Crippen LogP contribution is 2.27. The third kappa shape index (κ3) is 4.61. The van der Waals surface area contributed by atoms with Crippen LogP contribution in [0.15, 0.2) is 54.6 Å². The number of aromatic nitrogens is 2. The lowest BCUT2D eigenvalue weighted by Gasteiger charge is -2.17. The number of rotatable bonds is 6. The lowest BCUT2D eigenvalue weighted by atomic mass is 10.1. The predicted octanol–water partition coefficient (Wildman–Crippen LogP) is 3.34. The van der Waals surface area contributed by atoms with Gasteiger partial charge in [0.15, 0.2) is 0 Å². The Labute approximate surface area is 183 Å². The van der Waals surface area contributed by atoms with Crippen molar-refractivity contribution in [2.75, 3.05) is 22.1 Å². The van der Waals surface area contributed by atoms with Gasteiger partial charge in [0.25, 0.3) is 5.91 Å². The number of anilines is 3. The van der Waals surface area contributed by atoms with Gasteiger partial charge in [0.2, 0.25) is 16.9 Å². The zero-order valence-electron chi connectivity index (χ0n) is 16.9. The van der Waals surface area contributed by atoms with Gasteiger partial charge in [-0.1, -0.05) is 48.6 Å². The minimum Gasteiger partial charge on any atom is -0.325 e. The minimum absolute atomic E-state index is 0.0969. The Balaban J connectivity index is 1.45. The molecule has 1 aliphatic rings. The Morgan fingerprint density at radius 2 is 1.81 bits per heavy atom. The molecule has 0 spiro atoms. The van der Waals surface area contributed by atoms with E-state index in [4.69, 9.17) is 0 Å². The van der Waals surface area contributed by atoms with Crippen LogP contribution >= 0.6 is 11.3 Å². The van der Waals surface area contributed by atoms with Crippen molar-refractivity contribution in [3.05, 3.63) is 65.2 Å². The van der Waals surface area contributed by atoms with E-state index in [2.05, 4.69) is 20.8 Å². The number of benzene rings is 2. The number of carbonyl (C=O) groups excluding carboxylic acids is 3. The molecular formula is C22H21N5O3S. The first-order valence-electron chi connectivity index (χ1n) is 9.94. The van der Waals surface area contributed by atoms with Crippen molar-refractivity contribution < 1.29 is 14.4 Å². The number of nitrogens with zero attached hydrogens (tertiary/aromatic N) is 3. The van der Waals surface area contributed by atoms with Gasteiger partial charge in [-0.2, -0.15) is 0 Å². The number of hydrogen-bond donors (Lipinski definition) is 2. The largest absolute Gasteiger partial charge is 0.325 e. The SMILES string of the molecule is CCc1nnc(NC(=O)c2ccccc2NC(=O)[C@@H]2CC(=O)N(c3ccccc3)C2)s1. The Bertz CT molecular complexity index is 1120. The second-order valence-corrected chi connectivity index (χ2v) is 8.15. The first-order chi connectivity index (χ1) is 15.0. The van der Waals surface area contributed by atoms with Crippen LogP contribution in [0.1, 0.15) is 28.7 Å². The molecule has 0 bridgehead atoms. The molecule has 1 saturated heterocycles. The Morgan fingerprint density at radius 3 is 2.55 bits per heavy atom. The van der Waals surface area contributed by atoms with E-state index in [1.165, 1.54) is 11.3 Å². The van der Waals surface area contributed by atoms with Crippen LogP contribution in [-0.2, 0) is 16.0 Å². The monoisotopic (exact) mass is 435 g/mol. The maximum atomic E-state index is 12.9. The Morgan fingerprint density at radius 1 is 1.06 bits per heavy atom. The molecule has 31 heavy (non-hydrogen) atoms. The van der Waals surface area contributed by atoms with E-state index in [1.54, 1.807) is 29.2 Å². The molecule has 3 aromatic rings. The van der Waals surface area contributed by atoms with Crippen molar-refractivity contribution in [3.63, 3.8) is 0 Å². The van der Waals surface area contributed by atoms with Gasteiger partial charge in [-0.05, 0) is 30.7 Å². The zero-order chi connectivity index (χ0) is 21.8. The molecule has 0 unspecified atom stereocenters. The first-order valence-corrected chi connectivity index (χ1v) is 10.8. The van der Waals surface area contributed by atoms with E-state index in [0.29, 0.717) is 22.9 Å². The summed E-state index contributed by atoms with van der Waals surface area (Å²) in [6.07, 6.45) is 0.861. The van der Waals surface area contributed by atoms with E-state index in [1.807, 2.05) is 37.3 Å². The van der Waals surface area contributed by atoms with Crippen molar-refractivity contribution in [2.24, 2.45) is 5.92 Å². The zero-order valence-corrected chi connectivity index (χ0v) is 17.7. The van der Waals surface area contributed by atoms with Crippen LogP contribution in [0.4, 0.5) is 16.5 Å². The maximum Gasteiger partial charge on any atom is 0.259 e. The topological polar surface area (TPSA) is 104 Å². The van der Waals surface area contributed by atoms with Gasteiger partial charge in [0.1, 0.15) is 5.01 Å². The molecule has 2 N–H and O–H groups in total. The fourth-order valence-corrected chi connectivity index (χ4v) is 4.05. The van der Waals surface area contributed by atoms with Crippen LogP contribution in [0, 0.1) is 5.92 Å². The molecule has 0 aliphatic carbocycles. The van der Waals surface area contributed by atoms with Gasteiger partial charge >= 0.3 is 0 Å². The Kier molecular flexibility index (Phi) is 6.03. The third-order valence-corrected chi connectivity index (χ3v) is 5.97. The van der Waals surface area contributed by atoms with Gasteiger partial charge in [0.05, 0.1) is 17.2 Å². The summed E-state index contributed by atoms with van der Waals surface area (Å²) in [5, 5.41) is 14.7. The summed E-state index contributed by atoms with van der Waals surface area (Å²) in [7, 11) is 0. The second kappa shape index (κ2) is 9.05. The van der Waals surface area contributed by atoms with Crippen molar-refractivity contribution in [1.82, 2.24) is 10.2 Å². The third-order valence-electron chi connectivity index (χ3n) is 4.98. The molecular weight excluding hydrogens is 414 g/mol.